The van der Waals surface area contributed by atoms with E-state index in [1.807, 2.05) is 24.3 Å². The number of hydrogen-bond donors (Lipinski definition) is 3. The van der Waals surface area contributed by atoms with E-state index in [1.165, 1.54) is 24.3 Å². The van der Waals surface area contributed by atoms with Crippen molar-refractivity contribution in [3.05, 3.63) is 59.7 Å². The standard InChI is InChI=1S/C18H20N2O5S/c19-17(21)11-25-15-5-7-16(8-6-15)26(23,24)20-12-18(22)9-13-3-1-2-4-14(13)10-18/h1-8,20,22H,9-12H2,(H2,19,21). The molecule has 0 saturated carbocycles. The van der Waals surface area contributed by atoms with Crippen LogP contribution in [0.4, 0.5) is 0 Å². The Hall–Kier alpha value is -2.42. The minimum absolute atomic E-state index is 0.0445. The summed E-state index contributed by atoms with van der Waals surface area (Å²) in [6, 6.07) is 13.3. The zero-order valence-electron chi connectivity index (χ0n) is 14.0. The van der Waals surface area contributed by atoms with Gasteiger partial charge in [0.25, 0.3) is 5.91 Å². The van der Waals surface area contributed by atoms with Crippen molar-refractivity contribution < 1.29 is 23.1 Å². The zero-order valence-corrected chi connectivity index (χ0v) is 14.8. The highest BCUT2D eigenvalue weighted by atomic mass is 32.2. The van der Waals surface area contributed by atoms with Crippen molar-refractivity contribution in [2.75, 3.05) is 13.2 Å². The van der Waals surface area contributed by atoms with Crippen molar-refractivity contribution in [2.24, 2.45) is 5.73 Å². The van der Waals surface area contributed by atoms with Crippen LogP contribution in [-0.4, -0.2) is 38.2 Å². The minimum Gasteiger partial charge on any atom is -0.484 e. The molecule has 1 aliphatic carbocycles. The van der Waals surface area contributed by atoms with Gasteiger partial charge in [0.2, 0.25) is 10.0 Å². The van der Waals surface area contributed by atoms with E-state index in [4.69, 9.17) is 10.5 Å². The lowest BCUT2D eigenvalue weighted by atomic mass is 10.0. The molecule has 2 aromatic rings. The minimum atomic E-state index is -3.78. The Balaban J connectivity index is 1.63. The highest BCUT2D eigenvalue weighted by Gasteiger charge is 2.36. The van der Waals surface area contributed by atoms with Crippen LogP contribution in [0.25, 0.3) is 0 Å². The number of aliphatic hydroxyl groups is 1. The van der Waals surface area contributed by atoms with Crippen molar-refractivity contribution in [1.82, 2.24) is 4.72 Å². The quantitative estimate of drug-likeness (QED) is 0.645. The first-order valence-electron chi connectivity index (χ1n) is 8.07. The Morgan fingerprint density at radius 2 is 1.69 bits per heavy atom. The Bertz CT molecular complexity index is 884. The van der Waals surface area contributed by atoms with Gasteiger partial charge in [0.15, 0.2) is 6.61 Å². The molecule has 1 amide bonds. The van der Waals surface area contributed by atoms with Gasteiger partial charge < -0.3 is 15.6 Å². The summed E-state index contributed by atoms with van der Waals surface area (Å²) in [5, 5.41) is 10.7. The average Bonchev–Trinajstić information content (AvgIpc) is 2.95. The van der Waals surface area contributed by atoms with Crippen LogP contribution < -0.4 is 15.2 Å². The van der Waals surface area contributed by atoms with E-state index in [0.29, 0.717) is 18.6 Å². The lowest BCUT2D eigenvalue weighted by molar-refractivity contribution is -0.119. The van der Waals surface area contributed by atoms with Gasteiger partial charge in [0.05, 0.1) is 10.5 Å². The number of carbonyl (C=O) groups is 1. The molecule has 0 saturated heterocycles. The number of nitrogens with two attached hydrogens (primary N) is 1. The third-order valence-corrected chi connectivity index (χ3v) is 5.68. The van der Waals surface area contributed by atoms with Crippen LogP contribution in [0.5, 0.6) is 5.75 Å². The summed E-state index contributed by atoms with van der Waals surface area (Å²) in [7, 11) is -3.78. The van der Waals surface area contributed by atoms with E-state index in [0.717, 1.165) is 11.1 Å². The largest absolute Gasteiger partial charge is 0.484 e. The number of amides is 1. The van der Waals surface area contributed by atoms with E-state index in [1.54, 1.807) is 0 Å². The number of fused-ring (bicyclic) bond motifs is 1. The number of benzene rings is 2. The number of ether oxygens (including phenoxy) is 1. The first-order chi connectivity index (χ1) is 12.3. The predicted octanol–water partition coefficient (Wildman–Crippen LogP) is 0.359. The number of nitrogens with one attached hydrogen (secondary N) is 1. The second-order valence-corrected chi connectivity index (χ2v) is 8.16. The Labute approximate surface area is 151 Å². The summed E-state index contributed by atoms with van der Waals surface area (Å²) in [4.78, 5) is 10.7. The summed E-state index contributed by atoms with van der Waals surface area (Å²) in [5.41, 5.74) is 5.92. The van der Waals surface area contributed by atoms with Crippen LogP contribution in [-0.2, 0) is 27.7 Å². The van der Waals surface area contributed by atoms with Gasteiger partial charge in [0.1, 0.15) is 5.75 Å². The zero-order chi connectivity index (χ0) is 18.8. The maximum absolute atomic E-state index is 12.4. The molecule has 138 valence electrons. The molecule has 7 nitrogen and oxygen atoms in total. The Morgan fingerprint density at radius 3 is 2.23 bits per heavy atom. The molecule has 8 heteroatoms. The third-order valence-electron chi connectivity index (χ3n) is 4.26. The molecule has 2 aromatic carbocycles. The van der Waals surface area contributed by atoms with Gasteiger partial charge in [-0.3, -0.25) is 4.79 Å². The van der Waals surface area contributed by atoms with E-state index in [-0.39, 0.29) is 18.0 Å². The molecule has 4 N–H and O–H groups in total. The summed E-state index contributed by atoms with van der Waals surface area (Å²) in [5.74, 6) is -0.276. The predicted molar refractivity (Wildman–Crippen MR) is 95.1 cm³/mol. The summed E-state index contributed by atoms with van der Waals surface area (Å²) in [6.45, 7) is -0.359. The highest BCUT2D eigenvalue weighted by Crippen LogP contribution is 2.29. The van der Waals surface area contributed by atoms with E-state index in [2.05, 4.69) is 4.72 Å². The van der Waals surface area contributed by atoms with Gasteiger partial charge >= 0.3 is 0 Å². The molecule has 3 rings (SSSR count). The average molecular weight is 376 g/mol. The fraction of sp³-hybridized carbons (Fsp3) is 0.278. The lowest BCUT2D eigenvalue weighted by Crippen LogP contribution is -2.43. The monoisotopic (exact) mass is 376 g/mol. The third kappa shape index (κ3) is 4.21. The molecule has 0 fully saturated rings. The van der Waals surface area contributed by atoms with Gasteiger partial charge in [-0.25, -0.2) is 13.1 Å². The molecule has 0 aliphatic heterocycles. The van der Waals surface area contributed by atoms with Crippen LogP contribution in [0, 0.1) is 0 Å². The summed E-state index contributed by atoms with van der Waals surface area (Å²) in [6.07, 6.45) is 0.817. The van der Waals surface area contributed by atoms with Gasteiger partial charge in [-0.15, -0.1) is 0 Å². The molecule has 0 unspecified atom stereocenters. The van der Waals surface area contributed by atoms with Crippen LogP contribution >= 0.6 is 0 Å². The van der Waals surface area contributed by atoms with Gasteiger partial charge in [-0.05, 0) is 35.4 Å². The van der Waals surface area contributed by atoms with Crippen molar-refractivity contribution >= 4 is 15.9 Å². The molecular formula is C18H20N2O5S. The van der Waals surface area contributed by atoms with Crippen LogP contribution in [0.1, 0.15) is 11.1 Å². The molecule has 26 heavy (non-hydrogen) atoms. The maximum Gasteiger partial charge on any atom is 0.255 e. The van der Waals surface area contributed by atoms with Gasteiger partial charge in [-0.1, -0.05) is 24.3 Å². The van der Waals surface area contributed by atoms with Crippen molar-refractivity contribution in [2.45, 2.75) is 23.3 Å². The first kappa shape index (κ1) is 18.4. The lowest BCUT2D eigenvalue weighted by Gasteiger charge is -2.22. The number of sulfonamides is 1. The number of carbonyl (C=O) groups excluding carboxylic acids is 1. The molecule has 0 heterocycles. The van der Waals surface area contributed by atoms with Gasteiger partial charge in [0, 0.05) is 19.4 Å². The molecule has 0 bridgehead atoms. The Kier molecular flexibility index (Phi) is 4.99. The van der Waals surface area contributed by atoms with Crippen molar-refractivity contribution in [3.8, 4) is 5.75 Å². The molecule has 0 atom stereocenters. The maximum atomic E-state index is 12.4. The first-order valence-corrected chi connectivity index (χ1v) is 9.56. The van der Waals surface area contributed by atoms with Crippen molar-refractivity contribution in [3.63, 3.8) is 0 Å². The van der Waals surface area contributed by atoms with E-state index >= 15 is 0 Å². The number of rotatable bonds is 7. The van der Waals surface area contributed by atoms with Gasteiger partial charge in [-0.2, -0.15) is 0 Å². The summed E-state index contributed by atoms with van der Waals surface area (Å²) >= 11 is 0. The molecule has 0 radical (unpaired) electrons. The molecular weight excluding hydrogens is 356 g/mol. The van der Waals surface area contributed by atoms with Crippen molar-refractivity contribution in [1.29, 1.82) is 0 Å². The van der Waals surface area contributed by atoms with Crippen LogP contribution in [0.15, 0.2) is 53.4 Å². The Morgan fingerprint density at radius 1 is 1.12 bits per heavy atom. The van der Waals surface area contributed by atoms with E-state index in [9.17, 15) is 18.3 Å². The SMILES string of the molecule is NC(=O)COc1ccc(S(=O)(=O)NCC2(O)Cc3ccccc3C2)cc1. The highest BCUT2D eigenvalue weighted by molar-refractivity contribution is 7.89. The normalized spacial score (nSPS) is 15.4. The fourth-order valence-electron chi connectivity index (χ4n) is 2.98. The molecule has 0 aromatic heterocycles. The topological polar surface area (TPSA) is 119 Å². The molecule has 0 spiro atoms. The number of hydrogen-bond acceptors (Lipinski definition) is 5. The number of primary amides is 1. The van der Waals surface area contributed by atoms with Crippen LogP contribution in [0.2, 0.25) is 0 Å². The van der Waals surface area contributed by atoms with E-state index < -0.39 is 21.5 Å². The second-order valence-electron chi connectivity index (χ2n) is 6.40. The smallest absolute Gasteiger partial charge is 0.255 e. The van der Waals surface area contributed by atoms with Crippen LogP contribution in [0.3, 0.4) is 0 Å². The second kappa shape index (κ2) is 7.06. The molecule has 1 aliphatic rings. The summed E-state index contributed by atoms with van der Waals surface area (Å²) < 4.78 is 32.5. The fourth-order valence-corrected chi connectivity index (χ4v) is 4.10.